The van der Waals surface area contributed by atoms with Gasteiger partial charge in [-0.2, -0.15) is 4.31 Å². The van der Waals surface area contributed by atoms with Crippen molar-refractivity contribution in [3.05, 3.63) is 18.1 Å². The number of carbonyl (C=O) groups is 1. The SMILES string of the molecule is Cc1nccnc1S(=O)(=O)N1CCNC[C@H]1C(=O)O. The van der Waals surface area contributed by atoms with E-state index < -0.39 is 22.0 Å². The van der Waals surface area contributed by atoms with Crippen molar-refractivity contribution in [2.75, 3.05) is 19.6 Å². The van der Waals surface area contributed by atoms with Crippen LogP contribution >= 0.6 is 0 Å². The first-order chi connectivity index (χ1) is 8.94. The lowest BCUT2D eigenvalue weighted by molar-refractivity contribution is -0.141. The van der Waals surface area contributed by atoms with Crippen molar-refractivity contribution in [2.24, 2.45) is 0 Å². The average molecular weight is 286 g/mol. The van der Waals surface area contributed by atoms with Gasteiger partial charge in [0.25, 0.3) is 10.0 Å². The summed E-state index contributed by atoms with van der Waals surface area (Å²) >= 11 is 0. The van der Waals surface area contributed by atoms with Gasteiger partial charge < -0.3 is 10.4 Å². The topological polar surface area (TPSA) is 112 Å². The second kappa shape index (κ2) is 5.19. The van der Waals surface area contributed by atoms with Crippen LogP contribution in [0.4, 0.5) is 0 Å². The quantitative estimate of drug-likeness (QED) is 0.720. The number of nitrogens with zero attached hydrogens (tertiary/aromatic N) is 3. The van der Waals surface area contributed by atoms with Gasteiger partial charge in [-0.05, 0) is 6.92 Å². The van der Waals surface area contributed by atoms with Crippen molar-refractivity contribution in [1.82, 2.24) is 19.6 Å². The number of piperazine rings is 1. The van der Waals surface area contributed by atoms with E-state index in [4.69, 9.17) is 5.11 Å². The summed E-state index contributed by atoms with van der Waals surface area (Å²) in [5.41, 5.74) is 0.255. The maximum Gasteiger partial charge on any atom is 0.323 e. The number of aromatic nitrogens is 2. The molecule has 1 atom stereocenters. The zero-order chi connectivity index (χ0) is 14.0. The molecule has 1 saturated heterocycles. The molecule has 0 radical (unpaired) electrons. The van der Waals surface area contributed by atoms with Gasteiger partial charge in [0.15, 0.2) is 5.03 Å². The number of carboxylic acids is 1. The van der Waals surface area contributed by atoms with E-state index in [1.54, 1.807) is 0 Å². The predicted octanol–water partition coefficient (Wildman–Crippen LogP) is -1.17. The van der Waals surface area contributed by atoms with E-state index in [1.807, 2.05) is 0 Å². The minimum absolute atomic E-state index is 0.0773. The molecule has 1 fully saturated rings. The van der Waals surface area contributed by atoms with Crippen LogP contribution in [0.2, 0.25) is 0 Å². The van der Waals surface area contributed by atoms with Crippen molar-refractivity contribution < 1.29 is 18.3 Å². The zero-order valence-corrected chi connectivity index (χ0v) is 11.1. The molecule has 0 aromatic carbocycles. The Morgan fingerprint density at radius 2 is 2.16 bits per heavy atom. The summed E-state index contributed by atoms with van der Waals surface area (Å²) in [6.45, 7) is 2.10. The lowest BCUT2D eigenvalue weighted by atomic mass is 10.2. The van der Waals surface area contributed by atoms with Crippen molar-refractivity contribution in [3.8, 4) is 0 Å². The number of rotatable bonds is 3. The van der Waals surface area contributed by atoms with E-state index in [2.05, 4.69) is 15.3 Å². The number of sulfonamides is 1. The summed E-state index contributed by atoms with van der Waals surface area (Å²) in [6, 6.07) is -1.12. The molecule has 2 rings (SSSR count). The van der Waals surface area contributed by atoms with E-state index in [9.17, 15) is 13.2 Å². The fraction of sp³-hybridized carbons (Fsp3) is 0.500. The number of carboxylic acid groups (broad SMARTS) is 1. The van der Waals surface area contributed by atoms with E-state index in [-0.39, 0.29) is 23.8 Å². The van der Waals surface area contributed by atoms with Crippen molar-refractivity contribution in [3.63, 3.8) is 0 Å². The molecular weight excluding hydrogens is 272 g/mol. The highest BCUT2D eigenvalue weighted by molar-refractivity contribution is 7.89. The minimum atomic E-state index is -3.95. The fourth-order valence-electron chi connectivity index (χ4n) is 1.94. The first kappa shape index (κ1) is 13.8. The molecule has 9 heteroatoms. The fourth-order valence-corrected chi connectivity index (χ4v) is 3.62. The summed E-state index contributed by atoms with van der Waals surface area (Å²) < 4.78 is 25.9. The van der Waals surface area contributed by atoms with Crippen LogP contribution in [0.25, 0.3) is 0 Å². The molecule has 1 aliphatic heterocycles. The Labute approximate surface area is 110 Å². The third-order valence-electron chi connectivity index (χ3n) is 2.87. The minimum Gasteiger partial charge on any atom is -0.480 e. The highest BCUT2D eigenvalue weighted by Crippen LogP contribution is 2.19. The molecule has 104 valence electrons. The van der Waals surface area contributed by atoms with Crippen LogP contribution < -0.4 is 5.32 Å². The molecule has 2 heterocycles. The third-order valence-corrected chi connectivity index (χ3v) is 4.81. The van der Waals surface area contributed by atoms with Gasteiger partial charge in [-0.25, -0.2) is 13.4 Å². The summed E-state index contributed by atoms with van der Waals surface area (Å²) in [4.78, 5) is 18.8. The maximum absolute atomic E-state index is 12.5. The highest BCUT2D eigenvalue weighted by atomic mass is 32.2. The Balaban J connectivity index is 2.43. The van der Waals surface area contributed by atoms with Crippen molar-refractivity contribution >= 4 is 16.0 Å². The van der Waals surface area contributed by atoms with Gasteiger partial charge in [-0.15, -0.1) is 0 Å². The highest BCUT2D eigenvalue weighted by Gasteiger charge is 2.39. The molecule has 0 bridgehead atoms. The maximum atomic E-state index is 12.5. The second-order valence-corrected chi connectivity index (χ2v) is 5.93. The summed E-state index contributed by atoms with van der Waals surface area (Å²) in [7, 11) is -3.95. The number of aryl methyl sites for hydroxylation is 1. The van der Waals surface area contributed by atoms with E-state index in [0.29, 0.717) is 6.54 Å². The normalized spacial score (nSPS) is 21.2. The molecule has 8 nitrogen and oxygen atoms in total. The molecule has 19 heavy (non-hydrogen) atoms. The molecule has 1 aliphatic rings. The lowest BCUT2D eigenvalue weighted by Gasteiger charge is -2.32. The largest absolute Gasteiger partial charge is 0.480 e. The van der Waals surface area contributed by atoms with Gasteiger partial charge in [0.05, 0.1) is 5.69 Å². The monoisotopic (exact) mass is 286 g/mol. The first-order valence-corrected chi connectivity index (χ1v) is 7.11. The van der Waals surface area contributed by atoms with Crippen LogP contribution in [-0.2, 0) is 14.8 Å². The van der Waals surface area contributed by atoms with E-state index >= 15 is 0 Å². The first-order valence-electron chi connectivity index (χ1n) is 5.67. The Bertz CT molecular complexity index is 589. The van der Waals surface area contributed by atoms with Crippen molar-refractivity contribution in [2.45, 2.75) is 18.0 Å². The molecule has 0 saturated carbocycles. The summed E-state index contributed by atoms with van der Waals surface area (Å²) in [5, 5.41) is 11.8. The van der Waals surface area contributed by atoms with Crippen LogP contribution in [0.5, 0.6) is 0 Å². The Morgan fingerprint density at radius 1 is 1.47 bits per heavy atom. The number of aliphatic carboxylic acids is 1. The number of nitrogens with one attached hydrogen (secondary N) is 1. The average Bonchev–Trinajstić information content (AvgIpc) is 2.39. The molecule has 0 spiro atoms. The van der Waals surface area contributed by atoms with Crippen LogP contribution in [-0.4, -0.2) is 59.4 Å². The van der Waals surface area contributed by atoms with Crippen LogP contribution in [0.15, 0.2) is 17.4 Å². The van der Waals surface area contributed by atoms with Crippen LogP contribution in [0, 0.1) is 6.92 Å². The molecule has 0 aliphatic carbocycles. The second-order valence-electron chi connectivity index (χ2n) is 4.12. The van der Waals surface area contributed by atoms with Gasteiger partial charge >= 0.3 is 5.97 Å². The van der Waals surface area contributed by atoms with Crippen LogP contribution in [0.3, 0.4) is 0 Å². The Kier molecular flexibility index (Phi) is 3.78. The summed E-state index contributed by atoms with van der Waals surface area (Å²) in [5.74, 6) is -1.18. The summed E-state index contributed by atoms with van der Waals surface area (Å²) in [6.07, 6.45) is 2.67. The molecular formula is C10H14N4O4S. The Morgan fingerprint density at radius 3 is 2.79 bits per heavy atom. The van der Waals surface area contributed by atoms with E-state index in [1.165, 1.54) is 19.3 Å². The molecule has 1 aromatic heterocycles. The zero-order valence-electron chi connectivity index (χ0n) is 10.3. The molecule has 1 aromatic rings. The third kappa shape index (κ3) is 2.57. The lowest BCUT2D eigenvalue weighted by Crippen LogP contribution is -2.57. The van der Waals surface area contributed by atoms with Gasteiger partial charge in [-0.1, -0.05) is 0 Å². The predicted molar refractivity (Wildman–Crippen MR) is 65.0 cm³/mol. The molecule has 2 N–H and O–H groups in total. The van der Waals surface area contributed by atoms with Gasteiger partial charge in [0.1, 0.15) is 6.04 Å². The molecule has 0 unspecified atom stereocenters. The van der Waals surface area contributed by atoms with Crippen molar-refractivity contribution in [1.29, 1.82) is 0 Å². The number of hydrogen-bond acceptors (Lipinski definition) is 6. The molecule has 0 amide bonds. The van der Waals surface area contributed by atoms with Gasteiger partial charge in [0, 0.05) is 32.0 Å². The van der Waals surface area contributed by atoms with Crippen LogP contribution in [0.1, 0.15) is 5.69 Å². The van der Waals surface area contributed by atoms with Gasteiger partial charge in [-0.3, -0.25) is 9.78 Å². The Hall–Kier alpha value is -1.58. The van der Waals surface area contributed by atoms with Gasteiger partial charge in [0.2, 0.25) is 0 Å². The smallest absolute Gasteiger partial charge is 0.323 e. The standard InChI is InChI=1S/C10H14N4O4S/c1-7-9(13-3-2-12-7)19(17,18)14-5-4-11-6-8(14)10(15)16/h2-3,8,11H,4-6H2,1H3,(H,15,16)/t8-/m0/s1. The number of hydrogen-bond donors (Lipinski definition) is 2. The van der Waals surface area contributed by atoms with E-state index in [0.717, 1.165) is 4.31 Å².